The Labute approximate surface area is 125 Å². The number of aryl methyl sites for hydroxylation is 2. The van der Waals surface area contributed by atoms with E-state index in [0.717, 1.165) is 24.3 Å². The predicted molar refractivity (Wildman–Crippen MR) is 88.2 cm³/mol. The van der Waals surface area contributed by atoms with Crippen LogP contribution in [0.1, 0.15) is 25.0 Å². The Morgan fingerprint density at radius 2 is 1.71 bits per heavy atom. The largest absolute Gasteiger partial charge is 0.456 e. The second-order valence-corrected chi connectivity index (χ2v) is 5.59. The summed E-state index contributed by atoms with van der Waals surface area (Å²) >= 11 is 0. The quantitative estimate of drug-likeness (QED) is 0.453. The molecule has 1 nitrogen and oxygen atoms in total. The molecule has 0 unspecified atom stereocenters. The van der Waals surface area contributed by atoms with Crippen LogP contribution in [0.5, 0.6) is 11.5 Å². The number of hydrogen-bond donors (Lipinski definition) is 0. The Bertz CT molecular complexity index is 846. The van der Waals surface area contributed by atoms with E-state index in [9.17, 15) is 0 Å². The molecule has 0 bridgehead atoms. The summed E-state index contributed by atoms with van der Waals surface area (Å²) in [5, 5.41) is 2.58. The summed E-state index contributed by atoms with van der Waals surface area (Å²) in [6.07, 6.45) is 2.07. The monoisotopic (exact) mass is 274 g/mol. The van der Waals surface area contributed by atoms with Crippen LogP contribution in [0.15, 0.2) is 48.5 Å². The molecule has 0 aliphatic carbocycles. The topological polar surface area (TPSA) is 9.23 Å². The van der Waals surface area contributed by atoms with Crippen LogP contribution in [0.3, 0.4) is 0 Å². The third kappa shape index (κ3) is 1.77. The molecular weight excluding hydrogens is 256 g/mol. The lowest BCUT2D eigenvalue weighted by Gasteiger charge is -2.22. The minimum atomic E-state index is 0.985. The zero-order valence-corrected chi connectivity index (χ0v) is 12.4. The summed E-state index contributed by atoms with van der Waals surface area (Å²) in [6.45, 7) is 4.38. The van der Waals surface area contributed by atoms with Gasteiger partial charge in [-0.25, -0.2) is 0 Å². The highest BCUT2D eigenvalue weighted by molar-refractivity contribution is 6.05. The molecular formula is C20H18O. The van der Waals surface area contributed by atoms with Crippen molar-refractivity contribution in [2.75, 3.05) is 0 Å². The fraction of sp³-hybridized carbons (Fsp3) is 0.200. The maximum Gasteiger partial charge on any atom is 0.135 e. The van der Waals surface area contributed by atoms with Gasteiger partial charge in [0.25, 0.3) is 0 Å². The molecule has 104 valence electrons. The minimum Gasteiger partial charge on any atom is -0.456 e. The van der Waals surface area contributed by atoms with Gasteiger partial charge in [0, 0.05) is 10.9 Å². The Balaban J connectivity index is 2.07. The molecule has 0 saturated heterocycles. The first-order valence-corrected chi connectivity index (χ1v) is 7.67. The van der Waals surface area contributed by atoms with E-state index in [2.05, 4.69) is 62.4 Å². The van der Waals surface area contributed by atoms with Crippen LogP contribution in [0, 0.1) is 0 Å². The fourth-order valence-corrected chi connectivity index (χ4v) is 3.26. The van der Waals surface area contributed by atoms with Crippen molar-refractivity contribution in [2.24, 2.45) is 0 Å². The summed E-state index contributed by atoms with van der Waals surface area (Å²) in [7, 11) is 0. The molecule has 3 aromatic rings. The van der Waals surface area contributed by atoms with Crippen LogP contribution in [0.2, 0.25) is 0 Å². The summed E-state index contributed by atoms with van der Waals surface area (Å²) in [4.78, 5) is 0. The predicted octanol–water partition coefficient (Wildman–Crippen LogP) is 5.74. The van der Waals surface area contributed by atoms with Crippen molar-refractivity contribution in [1.82, 2.24) is 0 Å². The van der Waals surface area contributed by atoms with E-state index in [0.29, 0.717) is 0 Å². The molecule has 0 radical (unpaired) electrons. The van der Waals surface area contributed by atoms with E-state index in [1.165, 1.54) is 33.0 Å². The van der Waals surface area contributed by atoms with Gasteiger partial charge in [0.1, 0.15) is 11.5 Å². The lowest BCUT2D eigenvalue weighted by Crippen LogP contribution is -1.99. The smallest absolute Gasteiger partial charge is 0.135 e. The molecule has 0 N–H and O–H groups in total. The van der Waals surface area contributed by atoms with Gasteiger partial charge in [-0.05, 0) is 47.1 Å². The molecule has 0 spiro atoms. The molecule has 1 heterocycles. The van der Waals surface area contributed by atoms with Crippen LogP contribution < -0.4 is 4.74 Å². The molecule has 4 rings (SSSR count). The number of benzene rings is 3. The van der Waals surface area contributed by atoms with E-state index < -0.39 is 0 Å². The van der Waals surface area contributed by atoms with Crippen LogP contribution in [-0.4, -0.2) is 0 Å². The van der Waals surface area contributed by atoms with Gasteiger partial charge in [-0.1, -0.05) is 50.2 Å². The van der Waals surface area contributed by atoms with Gasteiger partial charge in [0.15, 0.2) is 0 Å². The summed E-state index contributed by atoms with van der Waals surface area (Å²) < 4.78 is 6.19. The first-order chi connectivity index (χ1) is 10.3. The summed E-state index contributed by atoms with van der Waals surface area (Å²) in [5.74, 6) is 1.97. The molecule has 0 aromatic heterocycles. The van der Waals surface area contributed by atoms with E-state index in [1.54, 1.807) is 0 Å². The fourth-order valence-electron chi connectivity index (χ4n) is 3.26. The number of fused-ring (bicyclic) bond motifs is 2. The van der Waals surface area contributed by atoms with Crippen molar-refractivity contribution >= 4 is 10.8 Å². The molecule has 3 aromatic carbocycles. The summed E-state index contributed by atoms with van der Waals surface area (Å²) in [6, 6.07) is 17.4. The first-order valence-electron chi connectivity index (χ1n) is 7.67. The van der Waals surface area contributed by atoms with E-state index in [4.69, 9.17) is 4.74 Å². The van der Waals surface area contributed by atoms with Crippen LogP contribution in [0.25, 0.3) is 21.9 Å². The first kappa shape index (κ1) is 12.5. The maximum atomic E-state index is 6.19. The normalized spacial score (nSPS) is 12.1. The molecule has 21 heavy (non-hydrogen) atoms. The Morgan fingerprint density at radius 3 is 2.52 bits per heavy atom. The number of ether oxygens (including phenoxy) is 1. The van der Waals surface area contributed by atoms with E-state index in [1.807, 2.05) is 0 Å². The van der Waals surface area contributed by atoms with Gasteiger partial charge in [-0.15, -0.1) is 0 Å². The maximum absolute atomic E-state index is 6.19. The van der Waals surface area contributed by atoms with E-state index in [-0.39, 0.29) is 0 Å². The third-order valence-electron chi connectivity index (χ3n) is 4.44. The highest BCUT2D eigenvalue weighted by Crippen LogP contribution is 2.47. The highest BCUT2D eigenvalue weighted by atomic mass is 16.5. The van der Waals surface area contributed by atoms with Crippen LogP contribution >= 0.6 is 0 Å². The molecule has 1 aliphatic rings. The Hall–Kier alpha value is -2.28. The highest BCUT2D eigenvalue weighted by Gasteiger charge is 2.20. The van der Waals surface area contributed by atoms with Crippen molar-refractivity contribution < 1.29 is 4.74 Å². The zero-order chi connectivity index (χ0) is 14.4. The van der Waals surface area contributed by atoms with E-state index >= 15 is 0 Å². The van der Waals surface area contributed by atoms with Crippen molar-refractivity contribution in [1.29, 1.82) is 0 Å². The molecule has 0 saturated carbocycles. The lowest BCUT2D eigenvalue weighted by atomic mass is 9.91. The molecule has 1 heteroatoms. The average Bonchev–Trinajstić information content (AvgIpc) is 2.55. The van der Waals surface area contributed by atoms with Crippen molar-refractivity contribution in [3.05, 3.63) is 59.7 Å². The molecule has 0 amide bonds. The van der Waals surface area contributed by atoms with Crippen LogP contribution in [0.4, 0.5) is 0 Å². The number of hydrogen-bond acceptors (Lipinski definition) is 1. The second-order valence-electron chi connectivity index (χ2n) is 5.59. The standard InChI is InChI=1S/C20H18O/c1-3-13-8-10-16-17-7-5-6-15-14(4-2)9-11-18(20(15)17)21-19(16)12-13/h5-12H,3-4H2,1-2H3. The SMILES string of the molecule is CCc1ccc2c(c1)Oc1ccc(CC)c3cccc-2c13. The number of rotatable bonds is 2. The third-order valence-corrected chi connectivity index (χ3v) is 4.44. The lowest BCUT2D eigenvalue weighted by molar-refractivity contribution is 0.486. The van der Waals surface area contributed by atoms with Gasteiger partial charge in [-0.3, -0.25) is 0 Å². The van der Waals surface area contributed by atoms with Gasteiger partial charge in [0.2, 0.25) is 0 Å². The Morgan fingerprint density at radius 1 is 0.810 bits per heavy atom. The van der Waals surface area contributed by atoms with Crippen molar-refractivity contribution in [2.45, 2.75) is 26.7 Å². The van der Waals surface area contributed by atoms with Gasteiger partial charge in [0.05, 0.1) is 0 Å². The van der Waals surface area contributed by atoms with Crippen molar-refractivity contribution in [3.63, 3.8) is 0 Å². The second kappa shape index (κ2) is 4.63. The zero-order valence-electron chi connectivity index (χ0n) is 12.4. The molecule has 0 fully saturated rings. The molecule has 0 atom stereocenters. The average molecular weight is 274 g/mol. The minimum absolute atomic E-state index is 0.985. The van der Waals surface area contributed by atoms with Gasteiger partial charge >= 0.3 is 0 Å². The molecule has 1 aliphatic heterocycles. The van der Waals surface area contributed by atoms with Crippen molar-refractivity contribution in [3.8, 4) is 22.6 Å². The summed E-state index contributed by atoms with van der Waals surface area (Å²) in [5.41, 5.74) is 5.20. The van der Waals surface area contributed by atoms with Gasteiger partial charge in [-0.2, -0.15) is 0 Å². The van der Waals surface area contributed by atoms with Crippen LogP contribution in [-0.2, 0) is 12.8 Å². The van der Waals surface area contributed by atoms with Gasteiger partial charge < -0.3 is 4.74 Å². The Kier molecular flexibility index (Phi) is 2.75.